The van der Waals surface area contributed by atoms with Crippen molar-refractivity contribution in [1.82, 2.24) is 4.90 Å². The summed E-state index contributed by atoms with van der Waals surface area (Å²) in [5.41, 5.74) is 0. The van der Waals surface area contributed by atoms with E-state index < -0.39 is 5.97 Å². The van der Waals surface area contributed by atoms with Gasteiger partial charge in [-0.2, -0.15) is 0 Å². The first kappa shape index (κ1) is 16.7. The molecule has 0 bridgehead atoms. The lowest BCUT2D eigenvalue weighted by Crippen LogP contribution is -2.37. The zero-order valence-corrected chi connectivity index (χ0v) is 13.0. The minimum absolute atomic E-state index is 0.117. The van der Waals surface area contributed by atoms with Gasteiger partial charge in [0.1, 0.15) is 0 Å². The molecule has 0 radical (unpaired) electrons. The first-order chi connectivity index (χ1) is 9.50. The Morgan fingerprint density at radius 1 is 1.30 bits per heavy atom. The molecule has 1 heterocycles. The van der Waals surface area contributed by atoms with Crippen molar-refractivity contribution >= 4 is 23.2 Å². The van der Waals surface area contributed by atoms with Crippen molar-refractivity contribution in [2.75, 3.05) is 6.54 Å². The van der Waals surface area contributed by atoms with E-state index in [1.165, 1.54) is 4.88 Å². The monoisotopic (exact) mass is 297 g/mol. The van der Waals surface area contributed by atoms with Crippen LogP contribution in [0.1, 0.15) is 44.4 Å². The van der Waals surface area contributed by atoms with Gasteiger partial charge in [0.15, 0.2) is 0 Å². The summed E-state index contributed by atoms with van der Waals surface area (Å²) in [4.78, 5) is 25.8. The lowest BCUT2D eigenvalue weighted by atomic mass is 10.1. The van der Waals surface area contributed by atoms with Crippen molar-refractivity contribution < 1.29 is 14.7 Å². The van der Waals surface area contributed by atoms with Gasteiger partial charge in [0.05, 0.1) is 0 Å². The number of aryl methyl sites for hydroxylation is 1. The van der Waals surface area contributed by atoms with E-state index in [1.54, 1.807) is 16.2 Å². The highest BCUT2D eigenvalue weighted by atomic mass is 32.1. The van der Waals surface area contributed by atoms with Crippen molar-refractivity contribution in [2.45, 2.75) is 52.0 Å². The quantitative estimate of drug-likeness (QED) is 0.761. The fourth-order valence-electron chi connectivity index (χ4n) is 2.08. The van der Waals surface area contributed by atoms with E-state index >= 15 is 0 Å². The maximum absolute atomic E-state index is 12.2. The Morgan fingerprint density at radius 3 is 2.60 bits per heavy atom. The molecule has 0 saturated carbocycles. The molecule has 20 heavy (non-hydrogen) atoms. The standard InChI is InChI=1S/C15H23NO3S/c1-12(2)16(10-4-9-15(18)19)14(17)8-3-6-13-7-5-11-20-13/h5,7,11-12H,3-4,6,8-10H2,1-2H3,(H,18,19). The fourth-order valence-corrected chi connectivity index (χ4v) is 2.84. The third-order valence-corrected chi connectivity index (χ3v) is 4.06. The summed E-state index contributed by atoms with van der Waals surface area (Å²) in [5.74, 6) is -0.680. The molecule has 0 saturated heterocycles. The van der Waals surface area contributed by atoms with Crippen molar-refractivity contribution in [1.29, 1.82) is 0 Å². The molecule has 0 spiro atoms. The van der Waals surface area contributed by atoms with Crippen LogP contribution in [0.3, 0.4) is 0 Å². The molecule has 0 atom stereocenters. The van der Waals surface area contributed by atoms with Crippen LogP contribution in [0, 0.1) is 0 Å². The minimum atomic E-state index is -0.807. The van der Waals surface area contributed by atoms with E-state index in [0.29, 0.717) is 19.4 Å². The number of hydrogen-bond donors (Lipinski definition) is 1. The third kappa shape index (κ3) is 6.19. The smallest absolute Gasteiger partial charge is 0.303 e. The molecule has 0 unspecified atom stereocenters. The molecule has 4 nitrogen and oxygen atoms in total. The Hall–Kier alpha value is -1.36. The van der Waals surface area contributed by atoms with Gasteiger partial charge in [-0.3, -0.25) is 9.59 Å². The Balaban J connectivity index is 2.33. The molecular formula is C15H23NO3S. The van der Waals surface area contributed by atoms with Crippen LogP contribution in [0.15, 0.2) is 17.5 Å². The molecule has 1 rings (SSSR count). The Labute approximate surface area is 124 Å². The van der Waals surface area contributed by atoms with Gasteiger partial charge in [0, 0.05) is 30.3 Å². The van der Waals surface area contributed by atoms with E-state index in [9.17, 15) is 9.59 Å². The third-order valence-electron chi connectivity index (χ3n) is 3.13. The average molecular weight is 297 g/mol. The number of thiophene rings is 1. The van der Waals surface area contributed by atoms with Crippen LogP contribution in [-0.4, -0.2) is 34.5 Å². The van der Waals surface area contributed by atoms with Gasteiger partial charge in [-0.25, -0.2) is 0 Å². The largest absolute Gasteiger partial charge is 0.481 e. The number of carbonyl (C=O) groups is 2. The second-order valence-electron chi connectivity index (χ2n) is 5.11. The summed E-state index contributed by atoms with van der Waals surface area (Å²) < 4.78 is 0. The SMILES string of the molecule is CC(C)N(CCCC(=O)O)C(=O)CCCc1cccs1. The first-order valence-corrected chi connectivity index (χ1v) is 7.92. The van der Waals surface area contributed by atoms with Gasteiger partial charge >= 0.3 is 5.97 Å². The number of rotatable bonds is 9. The maximum Gasteiger partial charge on any atom is 0.303 e. The van der Waals surface area contributed by atoms with Crippen molar-refractivity contribution in [3.8, 4) is 0 Å². The molecule has 1 N–H and O–H groups in total. The molecule has 0 aliphatic carbocycles. The highest BCUT2D eigenvalue weighted by Crippen LogP contribution is 2.13. The number of amides is 1. The predicted octanol–water partition coefficient (Wildman–Crippen LogP) is 3.17. The molecule has 112 valence electrons. The van der Waals surface area contributed by atoms with Crippen molar-refractivity contribution in [2.24, 2.45) is 0 Å². The van der Waals surface area contributed by atoms with Crippen LogP contribution in [0.5, 0.6) is 0 Å². The summed E-state index contributed by atoms with van der Waals surface area (Å²) >= 11 is 1.72. The lowest BCUT2D eigenvalue weighted by Gasteiger charge is -2.26. The molecule has 0 fully saturated rings. The second-order valence-corrected chi connectivity index (χ2v) is 6.14. The Morgan fingerprint density at radius 2 is 2.05 bits per heavy atom. The normalized spacial score (nSPS) is 10.8. The topological polar surface area (TPSA) is 57.6 Å². The van der Waals surface area contributed by atoms with E-state index in [0.717, 1.165) is 12.8 Å². The summed E-state index contributed by atoms with van der Waals surface area (Å²) in [7, 11) is 0. The minimum Gasteiger partial charge on any atom is -0.481 e. The van der Waals surface area contributed by atoms with E-state index in [1.807, 2.05) is 25.3 Å². The van der Waals surface area contributed by atoms with Gasteiger partial charge in [-0.05, 0) is 44.6 Å². The predicted molar refractivity (Wildman–Crippen MR) is 81.0 cm³/mol. The number of carboxylic acids is 1. The number of nitrogens with zero attached hydrogens (tertiary/aromatic N) is 1. The highest BCUT2D eigenvalue weighted by Gasteiger charge is 2.16. The first-order valence-electron chi connectivity index (χ1n) is 7.04. The Bertz CT molecular complexity index is 415. The van der Waals surface area contributed by atoms with Crippen LogP contribution in [0.25, 0.3) is 0 Å². The number of aliphatic carboxylic acids is 1. The van der Waals surface area contributed by atoms with Gasteiger partial charge in [0.25, 0.3) is 0 Å². The summed E-state index contributed by atoms with van der Waals surface area (Å²) in [6.45, 7) is 4.47. The van der Waals surface area contributed by atoms with Crippen LogP contribution in [0.2, 0.25) is 0 Å². The number of carboxylic acid groups (broad SMARTS) is 1. The zero-order valence-electron chi connectivity index (χ0n) is 12.2. The second kappa shape index (κ2) is 8.74. The highest BCUT2D eigenvalue weighted by molar-refractivity contribution is 7.09. The van der Waals surface area contributed by atoms with E-state index in [4.69, 9.17) is 5.11 Å². The van der Waals surface area contributed by atoms with Gasteiger partial charge in [-0.1, -0.05) is 6.07 Å². The molecule has 0 aliphatic heterocycles. The average Bonchev–Trinajstić information content (AvgIpc) is 2.86. The summed E-state index contributed by atoms with van der Waals surface area (Å²) in [5, 5.41) is 10.7. The molecule has 5 heteroatoms. The fraction of sp³-hybridized carbons (Fsp3) is 0.600. The summed E-state index contributed by atoms with van der Waals surface area (Å²) in [6.07, 6.45) is 2.95. The van der Waals surface area contributed by atoms with Crippen molar-refractivity contribution in [3.63, 3.8) is 0 Å². The molecule has 1 aromatic heterocycles. The number of carbonyl (C=O) groups excluding carboxylic acids is 1. The van der Waals surface area contributed by atoms with Gasteiger partial charge in [-0.15, -0.1) is 11.3 Å². The van der Waals surface area contributed by atoms with Crippen molar-refractivity contribution in [3.05, 3.63) is 22.4 Å². The molecule has 0 aliphatic rings. The molecular weight excluding hydrogens is 274 g/mol. The summed E-state index contributed by atoms with van der Waals surface area (Å²) in [6, 6.07) is 4.23. The van der Waals surface area contributed by atoms with Gasteiger partial charge < -0.3 is 10.0 Å². The van der Waals surface area contributed by atoms with E-state index in [-0.39, 0.29) is 18.4 Å². The van der Waals surface area contributed by atoms with Crippen LogP contribution in [-0.2, 0) is 16.0 Å². The number of hydrogen-bond acceptors (Lipinski definition) is 3. The maximum atomic E-state index is 12.2. The van der Waals surface area contributed by atoms with E-state index in [2.05, 4.69) is 6.07 Å². The van der Waals surface area contributed by atoms with Crippen LogP contribution < -0.4 is 0 Å². The molecule has 0 aromatic carbocycles. The lowest BCUT2D eigenvalue weighted by molar-refractivity contribution is -0.138. The zero-order chi connectivity index (χ0) is 15.0. The Kier molecular flexibility index (Phi) is 7.30. The van der Waals surface area contributed by atoms with Gasteiger partial charge in [0.2, 0.25) is 5.91 Å². The molecule has 1 amide bonds. The van der Waals surface area contributed by atoms with Crippen LogP contribution in [0.4, 0.5) is 0 Å². The van der Waals surface area contributed by atoms with Crippen LogP contribution >= 0.6 is 11.3 Å². The molecule has 1 aromatic rings.